The van der Waals surface area contributed by atoms with E-state index in [4.69, 9.17) is 22.9 Å². The topological polar surface area (TPSA) is 129 Å². The van der Waals surface area contributed by atoms with Crippen LogP contribution in [0, 0.1) is 0 Å². The van der Waals surface area contributed by atoms with E-state index < -0.39 is 17.8 Å². The van der Waals surface area contributed by atoms with Crippen LogP contribution in [0.15, 0.2) is 34.3 Å². The second-order valence-electron chi connectivity index (χ2n) is 5.31. The first-order chi connectivity index (χ1) is 11.2. The number of nitrogens with two attached hydrogens (primary N) is 4. The Bertz CT molecular complexity index is 575. The average Bonchev–Trinajstić information content (AvgIpc) is 2.48. The number of benzene rings is 1. The van der Waals surface area contributed by atoms with Crippen molar-refractivity contribution in [2.75, 3.05) is 6.54 Å². The van der Waals surface area contributed by atoms with Crippen molar-refractivity contribution < 1.29 is 13.2 Å². The summed E-state index contributed by atoms with van der Waals surface area (Å²) in [5.74, 6) is -0.218. The van der Waals surface area contributed by atoms with E-state index >= 15 is 0 Å². The van der Waals surface area contributed by atoms with E-state index in [9.17, 15) is 13.2 Å². The van der Waals surface area contributed by atoms with Crippen molar-refractivity contribution in [1.29, 1.82) is 0 Å². The molecular formula is C15H23F3N6. The van der Waals surface area contributed by atoms with Crippen molar-refractivity contribution in [2.45, 2.75) is 37.9 Å². The molecule has 0 spiro atoms. The molecule has 1 aromatic carbocycles. The van der Waals surface area contributed by atoms with Crippen LogP contribution in [0.1, 0.15) is 42.9 Å². The number of rotatable bonds is 8. The van der Waals surface area contributed by atoms with Crippen molar-refractivity contribution in [2.24, 2.45) is 32.9 Å². The zero-order valence-electron chi connectivity index (χ0n) is 13.3. The highest BCUT2D eigenvalue weighted by molar-refractivity contribution is 5.76. The zero-order chi connectivity index (χ0) is 18.2. The van der Waals surface area contributed by atoms with Gasteiger partial charge in [-0.15, -0.1) is 0 Å². The maximum Gasteiger partial charge on any atom is 0.416 e. The number of aliphatic imine (C=N–C) groups is 2. The molecule has 0 aliphatic carbocycles. The van der Waals surface area contributed by atoms with Crippen LogP contribution in [-0.4, -0.2) is 18.5 Å². The Labute approximate surface area is 138 Å². The van der Waals surface area contributed by atoms with Crippen LogP contribution in [0.2, 0.25) is 0 Å². The van der Waals surface area contributed by atoms with E-state index in [1.165, 1.54) is 12.1 Å². The normalized spacial score (nSPS) is 12.5. The predicted molar refractivity (Wildman–Crippen MR) is 89.1 cm³/mol. The van der Waals surface area contributed by atoms with Crippen molar-refractivity contribution in [3.8, 4) is 0 Å². The molecule has 0 heterocycles. The van der Waals surface area contributed by atoms with Crippen LogP contribution in [0.4, 0.5) is 13.2 Å². The minimum Gasteiger partial charge on any atom is -0.370 e. The zero-order valence-corrected chi connectivity index (χ0v) is 13.3. The van der Waals surface area contributed by atoms with E-state index in [2.05, 4.69) is 9.98 Å². The first-order valence-electron chi connectivity index (χ1n) is 7.52. The fraction of sp³-hybridized carbons (Fsp3) is 0.467. The largest absolute Gasteiger partial charge is 0.416 e. The molecule has 8 N–H and O–H groups in total. The molecule has 0 radical (unpaired) electrons. The van der Waals surface area contributed by atoms with Crippen LogP contribution >= 0.6 is 0 Å². The highest BCUT2D eigenvalue weighted by Gasteiger charge is 2.34. The van der Waals surface area contributed by atoms with Crippen LogP contribution in [0.25, 0.3) is 0 Å². The van der Waals surface area contributed by atoms with Crippen LogP contribution in [0.5, 0.6) is 0 Å². The van der Waals surface area contributed by atoms with E-state index in [-0.39, 0.29) is 17.5 Å². The summed E-state index contributed by atoms with van der Waals surface area (Å²) < 4.78 is 39.5. The smallest absolute Gasteiger partial charge is 0.370 e. The minimum absolute atomic E-state index is 0.0208. The minimum atomic E-state index is -4.46. The van der Waals surface area contributed by atoms with Crippen LogP contribution in [-0.2, 0) is 6.18 Å². The Morgan fingerprint density at radius 3 is 2.21 bits per heavy atom. The van der Waals surface area contributed by atoms with Crippen LogP contribution in [0.3, 0.4) is 0 Å². The van der Waals surface area contributed by atoms with Crippen molar-refractivity contribution in [1.82, 2.24) is 0 Å². The van der Waals surface area contributed by atoms with Gasteiger partial charge in [0, 0.05) is 6.54 Å². The molecule has 1 unspecified atom stereocenters. The molecular weight excluding hydrogens is 321 g/mol. The summed E-state index contributed by atoms with van der Waals surface area (Å²) >= 11 is 0. The third-order valence-electron chi connectivity index (χ3n) is 3.36. The van der Waals surface area contributed by atoms with Crippen LogP contribution < -0.4 is 22.9 Å². The molecule has 0 saturated heterocycles. The molecule has 0 fully saturated rings. The average molecular weight is 344 g/mol. The molecule has 0 saturated carbocycles. The molecule has 6 nitrogen and oxygen atoms in total. The predicted octanol–water partition coefficient (Wildman–Crippen LogP) is 1.85. The summed E-state index contributed by atoms with van der Waals surface area (Å²) in [6, 6.07) is 4.57. The number of alkyl halides is 3. The van der Waals surface area contributed by atoms with Gasteiger partial charge in [0.15, 0.2) is 11.9 Å². The number of halogens is 3. The van der Waals surface area contributed by atoms with Gasteiger partial charge in [0.05, 0.1) is 11.6 Å². The summed E-state index contributed by atoms with van der Waals surface area (Å²) in [6.45, 7) is 0.481. The summed E-state index contributed by atoms with van der Waals surface area (Å²) in [6.07, 6.45) is -1.93. The molecule has 1 rings (SSSR count). The fourth-order valence-electron chi connectivity index (χ4n) is 2.35. The monoisotopic (exact) mass is 344 g/mol. The second kappa shape index (κ2) is 8.99. The maximum absolute atomic E-state index is 13.2. The molecule has 0 aliphatic heterocycles. The SMILES string of the molecule is NC(N)=NCCCCCC(N=C(N)N)c1ccccc1C(F)(F)F. The maximum atomic E-state index is 13.2. The molecule has 1 aromatic rings. The molecule has 0 bridgehead atoms. The van der Waals surface area contributed by atoms with Gasteiger partial charge in [-0.25, -0.2) is 4.99 Å². The molecule has 0 amide bonds. The Hall–Kier alpha value is -2.45. The number of nitrogens with zero attached hydrogens (tertiary/aromatic N) is 2. The Morgan fingerprint density at radius 2 is 1.62 bits per heavy atom. The summed E-state index contributed by atoms with van der Waals surface area (Å²) in [5, 5.41) is 0. The van der Waals surface area contributed by atoms with Gasteiger partial charge in [0.1, 0.15) is 0 Å². The molecule has 0 aliphatic rings. The molecule has 1 atom stereocenters. The Morgan fingerprint density at radius 1 is 0.958 bits per heavy atom. The fourth-order valence-corrected chi connectivity index (χ4v) is 2.35. The molecule has 134 valence electrons. The number of hydrogen-bond acceptors (Lipinski definition) is 2. The third kappa shape index (κ3) is 6.76. The van der Waals surface area contributed by atoms with E-state index in [0.29, 0.717) is 19.4 Å². The highest BCUT2D eigenvalue weighted by Crippen LogP contribution is 2.37. The number of unbranched alkanes of at least 4 members (excludes halogenated alkanes) is 2. The Balaban J connectivity index is 2.81. The lowest BCUT2D eigenvalue weighted by atomic mass is 9.96. The van der Waals surface area contributed by atoms with Gasteiger partial charge in [-0.05, 0) is 24.5 Å². The van der Waals surface area contributed by atoms with E-state index in [1.54, 1.807) is 6.07 Å². The standard InChI is InChI=1S/C15H23F3N6/c16-15(17,18)11-7-4-3-6-10(11)12(24-14(21)22)8-2-1-5-9-23-13(19)20/h3-4,6-7,12H,1-2,5,8-9H2,(H4,19,20,23)(H4,21,22,24). The quantitative estimate of drug-likeness (QED) is 0.326. The molecule has 24 heavy (non-hydrogen) atoms. The van der Waals surface area contributed by atoms with Gasteiger partial charge in [-0.1, -0.05) is 31.0 Å². The van der Waals surface area contributed by atoms with E-state index in [1.807, 2.05) is 0 Å². The van der Waals surface area contributed by atoms with E-state index in [0.717, 1.165) is 18.9 Å². The van der Waals surface area contributed by atoms with Gasteiger partial charge < -0.3 is 22.9 Å². The first kappa shape index (κ1) is 19.6. The summed E-state index contributed by atoms with van der Waals surface area (Å²) in [5.41, 5.74) is 20.5. The van der Waals surface area contributed by atoms with Crippen molar-refractivity contribution in [3.63, 3.8) is 0 Å². The first-order valence-corrected chi connectivity index (χ1v) is 7.52. The Kier molecular flexibility index (Phi) is 7.34. The highest BCUT2D eigenvalue weighted by atomic mass is 19.4. The molecule has 0 aromatic heterocycles. The number of guanidine groups is 2. The van der Waals surface area contributed by atoms with Gasteiger partial charge in [-0.3, -0.25) is 4.99 Å². The summed E-state index contributed by atoms with van der Waals surface area (Å²) in [7, 11) is 0. The number of hydrogen-bond donors (Lipinski definition) is 4. The summed E-state index contributed by atoms with van der Waals surface area (Å²) in [4.78, 5) is 7.82. The lowest BCUT2D eigenvalue weighted by molar-refractivity contribution is -0.138. The van der Waals surface area contributed by atoms with Crippen molar-refractivity contribution in [3.05, 3.63) is 35.4 Å². The van der Waals surface area contributed by atoms with Crippen molar-refractivity contribution >= 4 is 11.9 Å². The van der Waals surface area contributed by atoms with Gasteiger partial charge in [-0.2, -0.15) is 13.2 Å². The van der Waals surface area contributed by atoms with Gasteiger partial charge in [0.25, 0.3) is 0 Å². The van der Waals surface area contributed by atoms with Gasteiger partial charge >= 0.3 is 6.18 Å². The van der Waals surface area contributed by atoms with Gasteiger partial charge in [0.2, 0.25) is 0 Å². The second-order valence-corrected chi connectivity index (χ2v) is 5.31. The lowest BCUT2D eigenvalue weighted by Crippen LogP contribution is -2.24. The third-order valence-corrected chi connectivity index (χ3v) is 3.36. The lowest BCUT2D eigenvalue weighted by Gasteiger charge is -2.19. The molecule has 9 heteroatoms.